The Hall–Kier alpha value is -2.95. The zero-order valence-electron chi connectivity index (χ0n) is 18.7. The van der Waals surface area contributed by atoms with Crippen LogP contribution in [0.1, 0.15) is 39.8 Å². The molecule has 30 heavy (non-hydrogen) atoms. The quantitative estimate of drug-likeness (QED) is 0.444. The van der Waals surface area contributed by atoms with Gasteiger partial charge in [-0.3, -0.25) is 0 Å². The molecule has 0 saturated carbocycles. The van der Waals surface area contributed by atoms with E-state index in [9.17, 15) is 4.79 Å². The van der Waals surface area contributed by atoms with Crippen molar-refractivity contribution in [2.45, 2.75) is 53.2 Å². The van der Waals surface area contributed by atoms with Crippen LogP contribution in [-0.2, 0) is 16.1 Å². The summed E-state index contributed by atoms with van der Waals surface area (Å²) in [5.41, 5.74) is 3.58. The van der Waals surface area contributed by atoms with Crippen molar-refractivity contribution in [2.75, 3.05) is 13.7 Å². The molecule has 0 N–H and O–H groups in total. The van der Waals surface area contributed by atoms with E-state index in [0.29, 0.717) is 12.4 Å². The van der Waals surface area contributed by atoms with E-state index < -0.39 is 5.60 Å². The van der Waals surface area contributed by atoms with Crippen LogP contribution in [0.5, 0.6) is 11.5 Å². The second-order valence-corrected chi connectivity index (χ2v) is 7.85. The van der Waals surface area contributed by atoms with Crippen LogP contribution >= 0.6 is 0 Å². The minimum absolute atomic E-state index is 0.325. The number of carbonyl (C=O) groups excluding carboxylic acids is 1. The standard InChI is InChI=1S/C25H31NO4/c1-7-15-26-17(3)23(18-9-11-19(28-6)12-10-18)21-16-20(13-14-22(21)26)30-25(4,5)24(27)29-8-2/h9-14,16H,7-8,15H2,1-6H3. The highest BCUT2D eigenvalue weighted by Crippen LogP contribution is 2.38. The summed E-state index contributed by atoms with van der Waals surface area (Å²) in [5.74, 6) is 1.10. The Bertz CT molecular complexity index is 1030. The molecule has 0 aliphatic rings. The summed E-state index contributed by atoms with van der Waals surface area (Å²) in [6, 6.07) is 14.1. The summed E-state index contributed by atoms with van der Waals surface area (Å²) in [7, 11) is 1.67. The zero-order chi connectivity index (χ0) is 21.9. The second kappa shape index (κ2) is 8.82. The third-order valence-corrected chi connectivity index (χ3v) is 5.26. The highest BCUT2D eigenvalue weighted by atomic mass is 16.6. The Morgan fingerprint density at radius 2 is 1.70 bits per heavy atom. The Morgan fingerprint density at radius 1 is 1.03 bits per heavy atom. The smallest absolute Gasteiger partial charge is 0.349 e. The van der Waals surface area contributed by atoms with Gasteiger partial charge in [0.1, 0.15) is 11.5 Å². The van der Waals surface area contributed by atoms with Crippen molar-refractivity contribution < 1.29 is 19.0 Å². The predicted octanol–water partition coefficient (Wildman–Crippen LogP) is 5.76. The molecule has 160 valence electrons. The van der Waals surface area contributed by atoms with Crippen molar-refractivity contribution in [1.29, 1.82) is 0 Å². The van der Waals surface area contributed by atoms with Gasteiger partial charge in [-0.15, -0.1) is 0 Å². The monoisotopic (exact) mass is 409 g/mol. The number of aryl methyl sites for hydroxylation is 1. The van der Waals surface area contributed by atoms with E-state index in [0.717, 1.165) is 35.2 Å². The van der Waals surface area contributed by atoms with Gasteiger partial charge >= 0.3 is 5.97 Å². The van der Waals surface area contributed by atoms with Gasteiger partial charge < -0.3 is 18.8 Å². The van der Waals surface area contributed by atoms with Gasteiger partial charge in [0.25, 0.3) is 0 Å². The first-order valence-corrected chi connectivity index (χ1v) is 10.5. The van der Waals surface area contributed by atoms with Crippen LogP contribution in [0, 0.1) is 6.92 Å². The number of benzene rings is 2. The second-order valence-electron chi connectivity index (χ2n) is 7.85. The summed E-state index contributed by atoms with van der Waals surface area (Å²) in [4.78, 5) is 12.3. The molecule has 3 rings (SSSR count). The van der Waals surface area contributed by atoms with Gasteiger partial charge in [-0.25, -0.2) is 4.79 Å². The van der Waals surface area contributed by atoms with Crippen LogP contribution in [0.25, 0.3) is 22.0 Å². The molecule has 5 nitrogen and oxygen atoms in total. The lowest BCUT2D eigenvalue weighted by molar-refractivity contribution is -0.158. The molecule has 1 heterocycles. The third kappa shape index (κ3) is 4.16. The summed E-state index contributed by atoms with van der Waals surface area (Å²) in [6.07, 6.45) is 1.04. The van der Waals surface area contributed by atoms with Gasteiger partial charge in [0, 0.05) is 28.7 Å². The Balaban J connectivity index is 2.11. The fourth-order valence-electron chi connectivity index (χ4n) is 3.80. The Morgan fingerprint density at radius 3 is 2.30 bits per heavy atom. The molecule has 0 saturated heterocycles. The number of hydrogen-bond acceptors (Lipinski definition) is 4. The molecule has 3 aromatic rings. The first kappa shape index (κ1) is 21.8. The maximum absolute atomic E-state index is 12.3. The number of esters is 1. The van der Waals surface area contributed by atoms with Crippen molar-refractivity contribution in [3.63, 3.8) is 0 Å². The highest BCUT2D eigenvalue weighted by Gasteiger charge is 2.32. The zero-order valence-corrected chi connectivity index (χ0v) is 18.7. The largest absolute Gasteiger partial charge is 0.497 e. The topological polar surface area (TPSA) is 49.7 Å². The van der Waals surface area contributed by atoms with Crippen molar-refractivity contribution in [1.82, 2.24) is 4.57 Å². The molecular formula is C25H31NO4. The summed E-state index contributed by atoms with van der Waals surface area (Å²) in [6.45, 7) is 10.8. The lowest BCUT2D eigenvalue weighted by Gasteiger charge is -2.24. The average molecular weight is 410 g/mol. The summed E-state index contributed by atoms with van der Waals surface area (Å²) >= 11 is 0. The van der Waals surface area contributed by atoms with Crippen LogP contribution < -0.4 is 9.47 Å². The number of fused-ring (bicyclic) bond motifs is 1. The molecule has 0 radical (unpaired) electrons. The van der Waals surface area contributed by atoms with E-state index in [1.807, 2.05) is 24.3 Å². The number of nitrogens with zero attached hydrogens (tertiary/aromatic N) is 1. The van der Waals surface area contributed by atoms with Crippen molar-refractivity contribution in [3.05, 3.63) is 48.2 Å². The van der Waals surface area contributed by atoms with Gasteiger partial charge in [0.2, 0.25) is 0 Å². The molecular weight excluding hydrogens is 378 g/mol. The van der Waals surface area contributed by atoms with E-state index in [4.69, 9.17) is 14.2 Å². The fourth-order valence-corrected chi connectivity index (χ4v) is 3.80. The highest BCUT2D eigenvalue weighted by molar-refractivity contribution is 5.99. The van der Waals surface area contributed by atoms with Gasteiger partial charge in [0.05, 0.1) is 13.7 Å². The first-order valence-electron chi connectivity index (χ1n) is 10.5. The Kier molecular flexibility index (Phi) is 6.40. The van der Waals surface area contributed by atoms with Gasteiger partial charge in [0.15, 0.2) is 5.60 Å². The molecule has 0 aliphatic carbocycles. The number of methoxy groups -OCH3 is 1. The van der Waals surface area contributed by atoms with Gasteiger partial charge in [-0.1, -0.05) is 19.1 Å². The van der Waals surface area contributed by atoms with E-state index in [1.54, 1.807) is 27.9 Å². The molecule has 0 aliphatic heterocycles. The van der Waals surface area contributed by atoms with Gasteiger partial charge in [-0.05, 0) is 70.0 Å². The van der Waals surface area contributed by atoms with E-state index >= 15 is 0 Å². The minimum Gasteiger partial charge on any atom is -0.497 e. The van der Waals surface area contributed by atoms with Crippen LogP contribution in [0.4, 0.5) is 0 Å². The normalized spacial score (nSPS) is 11.5. The molecule has 0 atom stereocenters. The molecule has 0 spiro atoms. The lowest BCUT2D eigenvalue weighted by Crippen LogP contribution is -2.39. The number of rotatable bonds is 8. The van der Waals surface area contributed by atoms with Gasteiger partial charge in [-0.2, -0.15) is 0 Å². The molecule has 5 heteroatoms. The third-order valence-electron chi connectivity index (χ3n) is 5.26. The maximum atomic E-state index is 12.3. The SMILES string of the molecule is CCCn1c(C)c(-c2ccc(OC)cc2)c2cc(OC(C)(C)C(=O)OCC)ccc21. The molecule has 0 fully saturated rings. The number of hydrogen-bond donors (Lipinski definition) is 0. The fraction of sp³-hybridized carbons (Fsp3) is 0.400. The van der Waals surface area contributed by atoms with Crippen LogP contribution in [-0.4, -0.2) is 29.9 Å². The number of aromatic nitrogens is 1. The van der Waals surface area contributed by atoms with Crippen molar-refractivity contribution >= 4 is 16.9 Å². The predicted molar refractivity (Wildman–Crippen MR) is 120 cm³/mol. The first-order chi connectivity index (χ1) is 14.3. The average Bonchev–Trinajstić information content (AvgIpc) is 2.99. The Labute approximate surface area is 178 Å². The van der Waals surface area contributed by atoms with Crippen LogP contribution in [0.2, 0.25) is 0 Å². The maximum Gasteiger partial charge on any atom is 0.349 e. The minimum atomic E-state index is -1.06. The molecule has 1 aromatic heterocycles. The van der Waals surface area contributed by atoms with E-state index in [2.05, 4.69) is 36.6 Å². The molecule has 0 bridgehead atoms. The van der Waals surface area contributed by atoms with Crippen LogP contribution in [0.3, 0.4) is 0 Å². The summed E-state index contributed by atoms with van der Waals surface area (Å²) < 4.78 is 18.9. The molecule has 2 aromatic carbocycles. The summed E-state index contributed by atoms with van der Waals surface area (Å²) in [5, 5.41) is 1.10. The number of carbonyl (C=O) groups is 1. The lowest BCUT2D eigenvalue weighted by atomic mass is 10.0. The van der Waals surface area contributed by atoms with E-state index in [1.165, 1.54) is 11.3 Å². The molecule has 0 amide bonds. The van der Waals surface area contributed by atoms with Crippen molar-refractivity contribution in [2.24, 2.45) is 0 Å². The molecule has 0 unspecified atom stereocenters. The van der Waals surface area contributed by atoms with E-state index in [-0.39, 0.29) is 5.97 Å². The number of ether oxygens (including phenoxy) is 3. The van der Waals surface area contributed by atoms with Crippen molar-refractivity contribution in [3.8, 4) is 22.6 Å². The van der Waals surface area contributed by atoms with Crippen LogP contribution in [0.15, 0.2) is 42.5 Å².